The van der Waals surface area contributed by atoms with Gasteiger partial charge in [-0.1, -0.05) is 88.7 Å². The summed E-state index contributed by atoms with van der Waals surface area (Å²) in [5, 5.41) is 2.54. The van der Waals surface area contributed by atoms with Crippen molar-refractivity contribution < 1.29 is 0 Å². The fourth-order valence-corrected chi connectivity index (χ4v) is 10.9. The summed E-state index contributed by atoms with van der Waals surface area (Å²) in [5.74, 6) is 0. The Morgan fingerprint density at radius 3 is 1.74 bits per heavy atom. The standard InChI is InChI=1S/C36H24BrNS/c37-25-20-21-33-30(22-25)31-24-36-32(23-34(31)38(33)26-12-4-1-5-13-26)29-18-10-11-19-35(29)39(36,27-14-6-2-7-15-27)28-16-8-3-9-17-28/h1-24H. The summed E-state index contributed by atoms with van der Waals surface area (Å²) in [6, 6.07) is 53.7. The molecule has 1 aromatic heterocycles. The Balaban J connectivity index is 1.58. The highest BCUT2D eigenvalue weighted by atomic mass is 79.9. The van der Waals surface area contributed by atoms with Crippen LogP contribution in [0.1, 0.15) is 0 Å². The second-order valence-corrected chi connectivity index (χ2v) is 13.9. The van der Waals surface area contributed by atoms with Gasteiger partial charge in [0.15, 0.2) is 0 Å². The third-order valence-electron chi connectivity index (χ3n) is 7.87. The molecule has 3 heteroatoms. The van der Waals surface area contributed by atoms with E-state index < -0.39 is 10.0 Å². The number of hydrogen-bond acceptors (Lipinski definition) is 0. The molecule has 39 heavy (non-hydrogen) atoms. The third-order valence-corrected chi connectivity index (χ3v) is 12.3. The fourth-order valence-electron chi connectivity index (χ4n) is 6.30. The Kier molecular flexibility index (Phi) is 5.13. The number of para-hydroxylation sites is 1. The van der Waals surface area contributed by atoms with Gasteiger partial charge in [-0.3, -0.25) is 0 Å². The monoisotopic (exact) mass is 581 g/mol. The van der Waals surface area contributed by atoms with Crippen molar-refractivity contribution in [3.63, 3.8) is 0 Å². The van der Waals surface area contributed by atoms with E-state index >= 15 is 0 Å². The number of rotatable bonds is 3. The Hall–Kier alpha value is -4.05. The van der Waals surface area contributed by atoms with Crippen molar-refractivity contribution in [1.82, 2.24) is 4.57 Å². The number of fused-ring (bicyclic) bond motifs is 6. The molecule has 0 N–H and O–H groups in total. The van der Waals surface area contributed by atoms with Gasteiger partial charge in [0, 0.05) is 40.5 Å². The molecule has 1 aliphatic heterocycles. The van der Waals surface area contributed by atoms with E-state index in [0.29, 0.717) is 0 Å². The van der Waals surface area contributed by atoms with Gasteiger partial charge in [-0.15, -0.1) is 10.0 Å². The predicted molar refractivity (Wildman–Crippen MR) is 167 cm³/mol. The molecule has 0 fully saturated rings. The highest BCUT2D eigenvalue weighted by Gasteiger charge is 2.42. The first-order chi connectivity index (χ1) is 19.3. The molecule has 0 saturated carbocycles. The minimum absolute atomic E-state index is 1.09. The molecule has 8 rings (SSSR count). The molecular weight excluding hydrogens is 558 g/mol. The first-order valence-electron chi connectivity index (χ1n) is 13.1. The smallest absolute Gasteiger partial charge is 0.0548 e. The average Bonchev–Trinajstić information content (AvgIpc) is 3.47. The SMILES string of the molecule is Brc1ccc2c(c1)c1cc3c(cc1n2-c1ccccc1)-c1ccccc1S3(c1ccccc1)c1ccccc1. The molecule has 0 radical (unpaired) electrons. The van der Waals surface area contributed by atoms with Gasteiger partial charge in [0.25, 0.3) is 0 Å². The molecule has 0 saturated heterocycles. The maximum atomic E-state index is 3.76. The molecule has 6 aromatic carbocycles. The van der Waals surface area contributed by atoms with Crippen LogP contribution in [0.25, 0.3) is 38.6 Å². The van der Waals surface area contributed by atoms with Gasteiger partial charge in [-0.25, -0.2) is 0 Å². The summed E-state index contributed by atoms with van der Waals surface area (Å²) in [7, 11) is -1.68. The van der Waals surface area contributed by atoms with Crippen LogP contribution in [0, 0.1) is 0 Å². The van der Waals surface area contributed by atoms with E-state index in [4.69, 9.17) is 0 Å². The first-order valence-corrected chi connectivity index (χ1v) is 15.6. The average molecular weight is 583 g/mol. The topological polar surface area (TPSA) is 4.93 Å². The molecule has 186 valence electrons. The van der Waals surface area contributed by atoms with Gasteiger partial charge in [0.1, 0.15) is 0 Å². The molecule has 2 heterocycles. The van der Waals surface area contributed by atoms with Gasteiger partial charge in [0.05, 0.1) is 11.0 Å². The highest BCUT2D eigenvalue weighted by molar-refractivity contribution is 9.10. The van der Waals surface area contributed by atoms with Crippen LogP contribution in [0.3, 0.4) is 0 Å². The Morgan fingerprint density at radius 2 is 1.05 bits per heavy atom. The van der Waals surface area contributed by atoms with Crippen LogP contribution in [0.2, 0.25) is 0 Å². The largest absolute Gasteiger partial charge is 0.309 e. The number of aromatic nitrogens is 1. The zero-order valence-corrected chi connectivity index (χ0v) is 23.5. The molecule has 0 unspecified atom stereocenters. The molecule has 0 aliphatic carbocycles. The third kappa shape index (κ3) is 3.21. The highest BCUT2D eigenvalue weighted by Crippen LogP contribution is 2.80. The number of nitrogens with zero attached hydrogens (tertiary/aromatic N) is 1. The fraction of sp³-hybridized carbons (Fsp3) is 0. The molecule has 1 aliphatic rings. The summed E-state index contributed by atoms with van der Waals surface area (Å²) >= 11 is 3.76. The quantitative estimate of drug-likeness (QED) is 0.195. The first kappa shape index (κ1) is 22.9. The summed E-state index contributed by atoms with van der Waals surface area (Å²) in [6.45, 7) is 0. The van der Waals surface area contributed by atoms with E-state index in [1.807, 2.05) is 0 Å². The van der Waals surface area contributed by atoms with Crippen LogP contribution >= 0.6 is 26.0 Å². The van der Waals surface area contributed by atoms with Gasteiger partial charge >= 0.3 is 0 Å². The van der Waals surface area contributed by atoms with E-state index in [-0.39, 0.29) is 0 Å². The van der Waals surface area contributed by atoms with Crippen LogP contribution < -0.4 is 0 Å². The van der Waals surface area contributed by atoms with Crippen molar-refractivity contribution in [1.29, 1.82) is 0 Å². The summed E-state index contributed by atoms with van der Waals surface area (Å²) < 4.78 is 3.51. The van der Waals surface area contributed by atoms with Crippen LogP contribution in [0.4, 0.5) is 0 Å². The second kappa shape index (κ2) is 8.74. The van der Waals surface area contributed by atoms with Crippen molar-refractivity contribution in [3.05, 3.63) is 150 Å². The maximum absolute atomic E-state index is 3.76. The lowest BCUT2D eigenvalue weighted by Gasteiger charge is -2.39. The van der Waals surface area contributed by atoms with Crippen molar-refractivity contribution >= 4 is 47.8 Å². The zero-order valence-electron chi connectivity index (χ0n) is 21.1. The molecule has 0 bridgehead atoms. The number of hydrogen-bond donors (Lipinski definition) is 0. The Bertz CT molecular complexity index is 1970. The zero-order chi connectivity index (χ0) is 26.0. The molecular formula is C36H24BrNS. The van der Waals surface area contributed by atoms with Crippen molar-refractivity contribution in [2.24, 2.45) is 0 Å². The van der Waals surface area contributed by atoms with Gasteiger partial charge < -0.3 is 4.57 Å². The van der Waals surface area contributed by atoms with Crippen molar-refractivity contribution in [3.8, 4) is 16.8 Å². The number of benzene rings is 6. The lowest BCUT2D eigenvalue weighted by Crippen LogP contribution is -2.01. The van der Waals surface area contributed by atoms with E-state index in [2.05, 4.69) is 166 Å². The molecule has 0 amide bonds. The minimum atomic E-state index is -1.68. The van der Waals surface area contributed by atoms with Gasteiger partial charge in [-0.05, 0) is 83.9 Å². The van der Waals surface area contributed by atoms with Gasteiger partial charge in [0.2, 0.25) is 0 Å². The van der Waals surface area contributed by atoms with Crippen molar-refractivity contribution in [2.75, 3.05) is 0 Å². The minimum Gasteiger partial charge on any atom is -0.309 e. The Morgan fingerprint density at radius 1 is 0.462 bits per heavy atom. The van der Waals surface area contributed by atoms with E-state index in [1.165, 1.54) is 58.2 Å². The maximum Gasteiger partial charge on any atom is 0.0548 e. The van der Waals surface area contributed by atoms with Crippen LogP contribution in [-0.2, 0) is 0 Å². The second-order valence-electron chi connectivity index (χ2n) is 9.93. The summed E-state index contributed by atoms with van der Waals surface area (Å²) in [4.78, 5) is 5.58. The van der Waals surface area contributed by atoms with E-state index in [0.717, 1.165) is 4.47 Å². The summed E-state index contributed by atoms with van der Waals surface area (Å²) in [6.07, 6.45) is 0. The normalized spacial score (nSPS) is 14.3. The lowest BCUT2D eigenvalue weighted by atomic mass is 10.0. The lowest BCUT2D eigenvalue weighted by molar-refractivity contribution is 1.18. The van der Waals surface area contributed by atoms with Crippen molar-refractivity contribution in [2.45, 2.75) is 19.6 Å². The van der Waals surface area contributed by atoms with Crippen LogP contribution in [0.15, 0.2) is 170 Å². The number of halogens is 1. The Labute approximate surface area is 237 Å². The molecule has 7 aromatic rings. The van der Waals surface area contributed by atoms with Gasteiger partial charge in [-0.2, -0.15) is 0 Å². The predicted octanol–water partition coefficient (Wildman–Crippen LogP) is 10.9. The van der Waals surface area contributed by atoms with E-state index in [9.17, 15) is 0 Å². The van der Waals surface area contributed by atoms with Crippen LogP contribution in [-0.4, -0.2) is 4.57 Å². The van der Waals surface area contributed by atoms with E-state index in [1.54, 1.807) is 0 Å². The molecule has 1 nitrogen and oxygen atoms in total. The molecule has 0 atom stereocenters. The molecule has 0 spiro atoms. The van der Waals surface area contributed by atoms with Crippen LogP contribution in [0.5, 0.6) is 0 Å². The summed E-state index contributed by atoms with van der Waals surface area (Å²) in [5.41, 5.74) is 6.30.